The number of ether oxygens (including phenoxy) is 1. The smallest absolute Gasteiger partial charge is 0.264 e. The summed E-state index contributed by atoms with van der Waals surface area (Å²) in [7, 11) is 0. The Hall–Kier alpha value is -4.41. The number of aryl methyl sites for hydroxylation is 1. The second-order valence-electron chi connectivity index (χ2n) is 13.2. The molecular weight excluding hydrogens is 585 g/mol. The predicted octanol–water partition coefficient (Wildman–Crippen LogP) is 5.33. The number of fused-ring (bicyclic) bond motifs is 2. The Labute approximate surface area is 267 Å². The van der Waals surface area contributed by atoms with Gasteiger partial charge in [0.15, 0.2) is 5.60 Å². The summed E-state index contributed by atoms with van der Waals surface area (Å²) in [6.45, 7) is 6.38. The zero-order valence-corrected chi connectivity index (χ0v) is 26.2. The van der Waals surface area contributed by atoms with E-state index in [4.69, 9.17) is 4.74 Å². The van der Waals surface area contributed by atoms with Crippen LogP contribution < -0.4 is 9.80 Å². The predicted molar refractivity (Wildman–Crippen MR) is 171 cm³/mol. The molecule has 10 heteroatoms. The number of aliphatic hydroxyl groups excluding tert-OH is 1. The molecule has 4 aromatic rings. The largest absolute Gasteiger partial charge is 0.382 e. The van der Waals surface area contributed by atoms with E-state index < -0.39 is 35.3 Å². The number of benzene rings is 3. The SMILES string of the molecule is C[C@H]1[C@H](C(C)(C)F)[C@@H](CCn2cc([C@H](O)c3ccccc3)nn2)O[C@]12C(=O)N(Cc1cccc(N3CCC3=O)c1)c1ccccc12. The Bertz CT molecular complexity index is 1770. The molecule has 1 aromatic heterocycles. The number of hydrogen-bond donors (Lipinski definition) is 1. The fourth-order valence-electron chi connectivity index (χ4n) is 7.64. The number of para-hydroxylation sites is 1. The van der Waals surface area contributed by atoms with Crippen LogP contribution in [0.25, 0.3) is 0 Å². The third-order valence-corrected chi connectivity index (χ3v) is 9.88. The molecular formula is C36H38FN5O4. The van der Waals surface area contributed by atoms with E-state index in [1.54, 1.807) is 34.5 Å². The second kappa shape index (κ2) is 11.4. The van der Waals surface area contributed by atoms with Crippen molar-refractivity contribution >= 4 is 23.2 Å². The number of nitrogens with zero attached hydrogens (tertiary/aromatic N) is 5. The van der Waals surface area contributed by atoms with Crippen molar-refractivity contribution in [1.29, 1.82) is 0 Å². The highest BCUT2D eigenvalue weighted by Gasteiger charge is 2.66. The van der Waals surface area contributed by atoms with Gasteiger partial charge in [-0.15, -0.1) is 5.10 Å². The van der Waals surface area contributed by atoms with Gasteiger partial charge in [0.1, 0.15) is 17.5 Å². The van der Waals surface area contributed by atoms with Crippen LogP contribution in [0.15, 0.2) is 85.1 Å². The lowest BCUT2D eigenvalue weighted by atomic mass is 9.71. The van der Waals surface area contributed by atoms with E-state index in [9.17, 15) is 14.7 Å². The summed E-state index contributed by atoms with van der Waals surface area (Å²) >= 11 is 0. The average Bonchev–Trinajstić information content (AvgIpc) is 3.70. The van der Waals surface area contributed by atoms with Gasteiger partial charge in [-0.2, -0.15) is 0 Å². The van der Waals surface area contributed by atoms with Gasteiger partial charge >= 0.3 is 0 Å². The first-order chi connectivity index (χ1) is 22.1. The first kappa shape index (κ1) is 30.3. The molecule has 1 spiro atoms. The van der Waals surface area contributed by atoms with E-state index in [1.165, 1.54) is 0 Å². The summed E-state index contributed by atoms with van der Waals surface area (Å²) in [5, 5.41) is 19.2. The average molecular weight is 624 g/mol. The summed E-state index contributed by atoms with van der Waals surface area (Å²) in [5.74, 6) is -1.17. The summed E-state index contributed by atoms with van der Waals surface area (Å²) in [6.07, 6.45) is 1.14. The molecule has 0 bridgehead atoms. The van der Waals surface area contributed by atoms with Crippen molar-refractivity contribution in [2.24, 2.45) is 11.8 Å². The summed E-state index contributed by atoms with van der Waals surface area (Å²) < 4.78 is 24.5. The van der Waals surface area contributed by atoms with Gasteiger partial charge in [-0.3, -0.25) is 14.3 Å². The van der Waals surface area contributed by atoms with Gasteiger partial charge < -0.3 is 19.6 Å². The lowest BCUT2D eigenvalue weighted by Gasteiger charge is -2.32. The maximum atomic E-state index is 16.1. The normalized spacial score (nSPS) is 24.8. The molecule has 1 N–H and O–H groups in total. The molecule has 46 heavy (non-hydrogen) atoms. The maximum Gasteiger partial charge on any atom is 0.264 e. The highest BCUT2D eigenvalue weighted by Crippen LogP contribution is 2.58. The van der Waals surface area contributed by atoms with Gasteiger partial charge in [0, 0.05) is 42.6 Å². The molecule has 0 saturated carbocycles. The number of carbonyl (C=O) groups excluding carboxylic acids is 2. The third-order valence-electron chi connectivity index (χ3n) is 9.88. The molecule has 3 aliphatic heterocycles. The lowest BCUT2D eigenvalue weighted by molar-refractivity contribution is -0.146. The molecule has 2 amide bonds. The standard InChI is InChI=1S/C36H38FN5O4/c1-23-32(35(2,3)37)30(16-18-40-22-28(38-39-40)33(44)25-11-5-4-6-12-25)46-36(23)27-14-7-8-15-29(27)42(34(36)45)21-24-10-9-13-26(20-24)41-19-17-31(41)43/h4-15,20,22-23,30,32-33,44H,16-19,21H2,1-3H3/t23-,30+,32-,33+,36+/m0/s1. The van der Waals surface area contributed by atoms with Crippen molar-refractivity contribution in [3.63, 3.8) is 0 Å². The van der Waals surface area contributed by atoms with E-state index in [0.717, 1.165) is 22.5 Å². The minimum Gasteiger partial charge on any atom is -0.382 e. The Morgan fingerprint density at radius 1 is 1.07 bits per heavy atom. The highest BCUT2D eigenvalue weighted by molar-refractivity contribution is 6.07. The van der Waals surface area contributed by atoms with Crippen molar-refractivity contribution in [2.45, 2.75) is 70.2 Å². The van der Waals surface area contributed by atoms with Crippen LogP contribution in [0.5, 0.6) is 0 Å². The number of aromatic nitrogens is 3. The number of anilines is 2. The Kier molecular flexibility index (Phi) is 7.52. The van der Waals surface area contributed by atoms with Gasteiger partial charge in [0.25, 0.3) is 5.91 Å². The van der Waals surface area contributed by atoms with Gasteiger partial charge in [0.05, 0.1) is 24.5 Å². The van der Waals surface area contributed by atoms with E-state index in [-0.39, 0.29) is 11.8 Å². The van der Waals surface area contributed by atoms with Crippen LogP contribution in [0.3, 0.4) is 0 Å². The summed E-state index contributed by atoms with van der Waals surface area (Å²) in [4.78, 5) is 30.2. The molecule has 2 fully saturated rings. The van der Waals surface area contributed by atoms with Crippen molar-refractivity contribution in [2.75, 3.05) is 16.3 Å². The number of hydrogen-bond acceptors (Lipinski definition) is 6. The zero-order valence-electron chi connectivity index (χ0n) is 26.2. The first-order valence-corrected chi connectivity index (χ1v) is 15.9. The van der Waals surface area contributed by atoms with E-state index in [1.807, 2.05) is 85.8 Å². The van der Waals surface area contributed by atoms with Gasteiger partial charge in [-0.05, 0) is 49.6 Å². The van der Waals surface area contributed by atoms with Crippen LogP contribution in [0.2, 0.25) is 0 Å². The number of rotatable bonds is 9. The molecule has 0 unspecified atom stereocenters. The molecule has 3 aromatic carbocycles. The van der Waals surface area contributed by atoms with E-state index in [2.05, 4.69) is 10.3 Å². The molecule has 2 saturated heterocycles. The fourth-order valence-corrected chi connectivity index (χ4v) is 7.64. The topological polar surface area (TPSA) is 101 Å². The van der Waals surface area contributed by atoms with Crippen LogP contribution in [-0.2, 0) is 33.0 Å². The number of carbonyl (C=O) groups is 2. The number of β-lactam (4-membered cyclic amide) rings is 1. The molecule has 5 atom stereocenters. The van der Waals surface area contributed by atoms with Gasteiger partial charge in [0.2, 0.25) is 5.91 Å². The van der Waals surface area contributed by atoms with Gasteiger partial charge in [-0.25, -0.2) is 4.39 Å². The van der Waals surface area contributed by atoms with Crippen LogP contribution in [-0.4, -0.2) is 50.2 Å². The number of halogens is 1. The van der Waals surface area contributed by atoms with Crippen molar-refractivity contribution in [1.82, 2.24) is 15.0 Å². The van der Waals surface area contributed by atoms with Crippen LogP contribution in [0.4, 0.5) is 15.8 Å². The van der Waals surface area contributed by atoms with Crippen LogP contribution >= 0.6 is 0 Å². The molecule has 0 radical (unpaired) electrons. The number of aliphatic hydroxyl groups is 1. The maximum absolute atomic E-state index is 16.1. The lowest BCUT2D eigenvalue weighted by Crippen LogP contribution is -2.45. The second-order valence-corrected chi connectivity index (χ2v) is 13.2. The van der Waals surface area contributed by atoms with Crippen molar-refractivity contribution in [3.8, 4) is 0 Å². The minimum atomic E-state index is -1.63. The minimum absolute atomic E-state index is 0.0901. The first-order valence-electron chi connectivity index (χ1n) is 15.9. The fraction of sp³-hybridized carbons (Fsp3) is 0.389. The molecule has 238 valence electrons. The Morgan fingerprint density at radius 2 is 1.83 bits per heavy atom. The van der Waals surface area contributed by atoms with Gasteiger partial charge in [-0.1, -0.05) is 72.8 Å². The summed E-state index contributed by atoms with van der Waals surface area (Å²) in [6, 6.07) is 24.6. The molecule has 9 nitrogen and oxygen atoms in total. The highest BCUT2D eigenvalue weighted by atomic mass is 19.1. The van der Waals surface area contributed by atoms with Crippen molar-refractivity contribution in [3.05, 3.63) is 107 Å². The molecule has 4 heterocycles. The Balaban J connectivity index is 1.15. The monoisotopic (exact) mass is 623 g/mol. The summed E-state index contributed by atoms with van der Waals surface area (Å²) in [5.41, 5.74) is 1.35. The van der Waals surface area contributed by atoms with Crippen molar-refractivity contribution < 1.29 is 23.8 Å². The van der Waals surface area contributed by atoms with E-state index >= 15 is 4.39 Å². The van der Waals surface area contributed by atoms with E-state index in [0.29, 0.717) is 43.7 Å². The molecule has 0 aliphatic carbocycles. The third kappa shape index (κ3) is 5.00. The van der Waals surface area contributed by atoms with Crippen LogP contribution in [0, 0.1) is 11.8 Å². The Morgan fingerprint density at radius 3 is 2.54 bits per heavy atom. The zero-order chi connectivity index (χ0) is 32.2. The quantitative estimate of drug-likeness (QED) is 0.253. The molecule has 7 rings (SSSR count). The number of amides is 2. The molecule has 3 aliphatic rings. The number of alkyl halides is 1. The van der Waals surface area contributed by atoms with Crippen LogP contribution in [0.1, 0.15) is 62.1 Å².